The van der Waals surface area contributed by atoms with Crippen LogP contribution in [0.4, 0.5) is 0 Å². The van der Waals surface area contributed by atoms with E-state index in [0.717, 1.165) is 12.0 Å². The van der Waals surface area contributed by atoms with E-state index in [1.165, 1.54) is 0 Å². The summed E-state index contributed by atoms with van der Waals surface area (Å²) in [6.07, 6.45) is 8.57. The molecule has 1 aliphatic carbocycles. The number of allylic oxidation sites excluding steroid dienone is 2. The minimum Gasteiger partial charge on any atom is -0.468 e. The zero-order valence-corrected chi connectivity index (χ0v) is 15.3. The number of ether oxygens (including phenoxy) is 1. The third-order valence-corrected chi connectivity index (χ3v) is 5.36. The van der Waals surface area contributed by atoms with E-state index in [0.29, 0.717) is 52.8 Å². The van der Waals surface area contributed by atoms with Crippen molar-refractivity contribution in [3.05, 3.63) is 71.9 Å². The Morgan fingerprint density at radius 2 is 2.03 bits per heavy atom. The molecule has 0 radical (unpaired) electrons. The highest BCUT2D eigenvalue weighted by Crippen LogP contribution is 2.47. The molecule has 0 amide bonds. The van der Waals surface area contributed by atoms with Gasteiger partial charge in [-0.25, -0.2) is 14.5 Å². The second-order valence-electron chi connectivity index (χ2n) is 7.07. The standard InChI is InChI=1S/C21H15N5O3/c27-13-3-1-4-15-16(13)17(14-5-2-10-28-14)18-20-24-19(12-6-8-22-9-7-12)25-26(20)11-23-21(18)29-15/h2,5-11,17H,1,3-4H2/t17-/m1/s1. The van der Waals surface area contributed by atoms with Gasteiger partial charge in [0.25, 0.3) is 0 Å². The Kier molecular flexibility index (Phi) is 3.40. The normalized spacial score (nSPS) is 18.5. The maximum absolute atomic E-state index is 12.9. The largest absolute Gasteiger partial charge is 0.468 e. The second kappa shape index (κ2) is 6.10. The van der Waals surface area contributed by atoms with Crippen LogP contribution in [0.3, 0.4) is 0 Å². The van der Waals surface area contributed by atoms with E-state index in [2.05, 4.69) is 15.1 Å². The molecule has 2 aliphatic rings. The number of hydrogen-bond donors (Lipinski definition) is 0. The Bertz CT molecular complexity index is 1270. The zero-order valence-electron chi connectivity index (χ0n) is 15.3. The molecule has 0 spiro atoms. The van der Waals surface area contributed by atoms with E-state index in [4.69, 9.17) is 14.1 Å². The van der Waals surface area contributed by atoms with Crippen LogP contribution in [0.15, 0.2) is 65.0 Å². The summed E-state index contributed by atoms with van der Waals surface area (Å²) >= 11 is 0. The maximum atomic E-state index is 12.9. The number of fused-ring (bicyclic) bond motifs is 3. The molecule has 0 fully saturated rings. The fourth-order valence-electron chi connectivity index (χ4n) is 4.08. The minimum atomic E-state index is -0.415. The SMILES string of the molecule is O=C1CCCC2=C1[C@@H](c1ccco1)c1c(ncn3nc(-c4ccncc4)nc13)O2. The predicted molar refractivity (Wildman–Crippen MR) is 101 cm³/mol. The van der Waals surface area contributed by atoms with Gasteiger partial charge in [0.1, 0.15) is 17.8 Å². The first-order valence-corrected chi connectivity index (χ1v) is 9.43. The zero-order chi connectivity index (χ0) is 19.4. The number of pyridine rings is 1. The highest BCUT2D eigenvalue weighted by molar-refractivity contribution is 5.99. The topological polar surface area (TPSA) is 95.4 Å². The number of Topliss-reactive ketones (excluding diaryl/α,β-unsaturated/α-hetero) is 1. The summed E-state index contributed by atoms with van der Waals surface area (Å²) in [6.45, 7) is 0. The molecular formula is C21H15N5O3. The van der Waals surface area contributed by atoms with Crippen LogP contribution in [0, 0.1) is 0 Å². The summed E-state index contributed by atoms with van der Waals surface area (Å²) in [7, 11) is 0. The minimum absolute atomic E-state index is 0.0779. The first kappa shape index (κ1) is 16.2. The smallest absolute Gasteiger partial charge is 0.228 e. The molecule has 0 N–H and O–H groups in total. The molecule has 29 heavy (non-hydrogen) atoms. The molecule has 1 atom stereocenters. The summed E-state index contributed by atoms with van der Waals surface area (Å²) < 4.78 is 13.4. The van der Waals surface area contributed by atoms with Gasteiger partial charge >= 0.3 is 0 Å². The van der Waals surface area contributed by atoms with Gasteiger partial charge in [0, 0.05) is 36.4 Å². The monoisotopic (exact) mass is 385 g/mol. The molecular weight excluding hydrogens is 370 g/mol. The Hall–Kier alpha value is -3.81. The molecule has 142 valence electrons. The van der Waals surface area contributed by atoms with Crippen LogP contribution in [0.2, 0.25) is 0 Å². The van der Waals surface area contributed by atoms with Crippen molar-refractivity contribution in [3.8, 4) is 17.3 Å². The Balaban J connectivity index is 1.62. The second-order valence-corrected chi connectivity index (χ2v) is 7.07. The lowest BCUT2D eigenvalue weighted by atomic mass is 9.80. The van der Waals surface area contributed by atoms with Crippen LogP contribution in [0.25, 0.3) is 17.0 Å². The molecule has 8 nitrogen and oxygen atoms in total. The van der Waals surface area contributed by atoms with Crippen molar-refractivity contribution < 1.29 is 13.9 Å². The molecule has 0 saturated carbocycles. The van der Waals surface area contributed by atoms with Crippen LogP contribution >= 0.6 is 0 Å². The highest BCUT2D eigenvalue weighted by atomic mass is 16.5. The number of rotatable bonds is 2. The fraction of sp³-hybridized carbons (Fsp3) is 0.190. The van der Waals surface area contributed by atoms with Gasteiger partial charge in [0.15, 0.2) is 17.3 Å². The molecule has 0 aromatic carbocycles. The van der Waals surface area contributed by atoms with E-state index in [1.807, 2.05) is 24.3 Å². The molecule has 4 aromatic rings. The molecule has 0 bridgehead atoms. The van der Waals surface area contributed by atoms with Crippen molar-refractivity contribution in [1.29, 1.82) is 0 Å². The lowest BCUT2D eigenvalue weighted by Gasteiger charge is -2.30. The lowest BCUT2D eigenvalue weighted by molar-refractivity contribution is -0.116. The first-order valence-electron chi connectivity index (χ1n) is 9.43. The van der Waals surface area contributed by atoms with Gasteiger partial charge in [0.05, 0.1) is 17.7 Å². The molecule has 1 aliphatic heterocycles. The maximum Gasteiger partial charge on any atom is 0.228 e. The van der Waals surface area contributed by atoms with Gasteiger partial charge in [-0.05, 0) is 30.7 Å². The number of ketones is 1. The summed E-state index contributed by atoms with van der Waals surface area (Å²) in [4.78, 5) is 26.1. The molecule has 8 heteroatoms. The van der Waals surface area contributed by atoms with Gasteiger partial charge in [-0.1, -0.05) is 0 Å². The van der Waals surface area contributed by atoms with Crippen LogP contribution < -0.4 is 4.74 Å². The van der Waals surface area contributed by atoms with Crippen molar-refractivity contribution >= 4 is 11.4 Å². The van der Waals surface area contributed by atoms with Crippen LogP contribution in [0.5, 0.6) is 5.88 Å². The molecule has 0 unspecified atom stereocenters. The number of furan rings is 1. The van der Waals surface area contributed by atoms with Gasteiger partial charge in [-0.15, -0.1) is 5.10 Å². The Morgan fingerprint density at radius 3 is 2.86 bits per heavy atom. The third-order valence-electron chi connectivity index (χ3n) is 5.36. The average Bonchev–Trinajstić information content (AvgIpc) is 3.43. The number of carbonyl (C=O) groups excluding carboxylic acids is 1. The fourth-order valence-corrected chi connectivity index (χ4v) is 4.08. The predicted octanol–water partition coefficient (Wildman–Crippen LogP) is 3.31. The molecule has 4 aromatic heterocycles. The summed E-state index contributed by atoms with van der Waals surface area (Å²) in [6, 6.07) is 7.38. The highest BCUT2D eigenvalue weighted by Gasteiger charge is 2.40. The van der Waals surface area contributed by atoms with Crippen molar-refractivity contribution in [1.82, 2.24) is 24.6 Å². The number of carbonyl (C=O) groups is 1. The molecule has 6 rings (SSSR count). The molecule has 5 heterocycles. The summed E-state index contributed by atoms with van der Waals surface area (Å²) in [5.74, 6) is 2.01. The average molecular weight is 385 g/mol. The van der Waals surface area contributed by atoms with Gasteiger partial charge in [-0.3, -0.25) is 9.78 Å². The van der Waals surface area contributed by atoms with Crippen molar-refractivity contribution in [2.75, 3.05) is 0 Å². The quantitative estimate of drug-likeness (QED) is 0.522. The number of hydrogen-bond acceptors (Lipinski definition) is 7. The third kappa shape index (κ3) is 2.42. The van der Waals surface area contributed by atoms with E-state index >= 15 is 0 Å². The molecule has 0 saturated heterocycles. The number of aromatic nitrogens is 5. The first-order chi connectivity index (χ1) is 14.3. The number of nitrogens with zero attached hydrogens (tertiary/aromatic N) is 5. The van der Waals surface area contributed by atoms with Gasteiger partial charge < -0.3 is 9.15 Å². The van der Waals surface area contributed by atoms with E-state index in [9.17, 15) is 4.79 Å². The van der Waals surface area contributed by atoms with E-state index in [1.54, 1.807) is 29.5 Å². The van der Waals surface area contributed by atoms with E-state index in [-0.39, 0.29) is 5.78 Å². The van der Waals surface area contributed by atoms with Crippen molar-refractivity contribution in [2.45, 2.75) is 25.2 Å². The van der Waals surface area contributed by atoms with Crippen molar-refractivity contribution in [2.24, 2.45) is 0 Å². The van der Waals surface area contributed by atoms with Gasteiger partial charge in [-0.2, -0.15) is 0 Å². The van der Waals surface area contributed by atoms with Crippen LogP contribution in [-0.4, -0.2) is 30.3 Å². The van der Waals surface area contributed by atoms with Crippen LogP contribution in [-0.2, 0) is 4.79 Å². The summed E-state index contributed by atoms with van der Waals surface area (Å²) in [5.41, 5.74) is 2.77. The van der Waals surface area contributed by atoms with Crippen molar-refractivity contribution in [3.63, 3.8) is 0 Å². The van der Waals surface area contributed by atoms with Crippen LogP contribution in [0.1, 0.15) is 36.5 Å². The van der Waals surface area contributed by atoms with E-state index < -0.39 is 5.92 Å². The lowest BCUT2D eigenvalue weighted by Crippen LogP contribution is -2.26. The van der Waals surface area contributed by atoms with Gasteiger partial charge in [0.2, 0.25) is 5.88 Å². The Labute approximate surface area is 164 Å². The Morgan fingerprint density at radius 1 is 1.14 bits per heavy atom. The summed E-state index contributed by atoms with van der Waals surface area (Å²) in [5, 5.41) is 4.56.